The van der Waals surface area contributed by atoms with Crippen LogP contribution in [0.15, 0.2) is 57.9 Å². The first kappa shape index (κ1) is 27.2. The standard InChI is InChI=1S/C26H30NO8P/c1-6-33-25(29)17(4)27(36-31)35-21-10-8-7-9-18(21)13-15(2)11-12-19-23(28)22-20(14-34-26(22)30)16(3)24(19)32-5/h7-11,14,16-17,30H,6,12-13H2,1-5H3/p+1. The minimum Gasteiger partial charge on any atom is -0.500 e. The molecule has 0 aliphatic heterocycles. The number of carbonyl (C=O) groups is 2. The third-order valence-corrected chi connectivity index (χ3v) is 6.70. The molecule has 36 heavy (non-hydrogen) atoms. The molecule has 0 bridgehead atoms. The Morgan fingerprint density at radius 1 is 1.33 bits per heavy atom. The molecule has 3 atom stereocenters. The van der Waals surface area contributed by atoms with E-state index in [0.717, 1.165) is 16.0 Å². The van der Waals surface area contributed by atoms with Gasteiger partial charge < -0.3 is 23.8 Å². The minimum atomic E-state index is -1.01. The summed E-state index contributed by atoms with van der Waals surface area (Å²) in [5.41, 5.74) is 3.00. The summed E-state index contributed by atoms with van der Waals surface area (Å²) >= 11 is 0. The van der Waals surface area contributed by atoms with Crippen molar-refractivity contribution in [2.45, 2.75) is 52.5 Å². The van der Waals surface area contributed by atoms with Gasteiger partial charge in [-0.15, -0.1) is 0 Å². The third kappa shape index (κ3) is 5.69. The predicted molar refractivity (Wildman–Crippen MR) is 133 cm³/mol. The van der Waals surface area contributed by atoms with Crippen molar-refractivity contribution in [1.82, 2.24) is 4.83 Å². The number of Topliss-reactive ketones (excluding diaryl/α,β-unsaturated/α-hetero) is 1. The molecule has 0 saturated heterocycles. The van der Waals surface area contributed by atoms with Gasteiger partial charge in [-0.05, 0) is 44.2 Å². The number of nitrogens with zero attached hydrogens (tertiary/aromatic N) is 1. The Kier molecular flexibility index (Phi) is 9.07. The molecule has 1 aromatic heterocycles. The highest BCUT2D eigenvalue weighted by atomic mass is 31.1. The lowest BCUT2D eigenvalue weighted by Crippen LogP contribution is -2.36. The molecular weight excluding hydrogens is 485 g/mol. The number of fused-ring (bicyclic) bond motifs is 1. The Morgan fingerprint density at radius 2 is 2.06 bits per heavy atom. The van der Waals surface area contributed by atoms with Gasteiger partial charge in [-0.2, -0.15) is 0 Å². The molecule has 0 fully saturated rings. The van der Waals surface area contributed by atoms with E-state index in [1.165, 1.54) is 13.4 Å². The van der Waals surface area contributed by atoms with E-state index in [0.29, 0.717) is 35.5 Å². The molecule has 3 rings (SSSR count). The number of para-hydroxylation sites is 1. The van der Waals surface area contributed by atoms with Crippen LogP contribution in [0.2, 0.25) is 0 Å². The lowest BCUT2D eigenvalue weighted by Gasteiger charge is -2.23. The highest BCUT2D eigenvalue weighted by Gasteiger charge is 2.36. The fraction of sp³-hybridized carbons (Fsp3) is 0.385. The number of ether oxygens (including phenoxy) is 2. The second-order valence-corrected chi connectivity index (χ2v) is 9.07. The van der Waals surface area contributed by atoms with Crippen LogP contribution >= 0.6 is 8.61 Å². The number of hydroxylamine groups is 1. The van der Waals surface area contributed by atoms with Gasteiger partial charge in [-0.3, -0.25) is 9.59 Å². The van der Waals surface area contributed by atoms with Crippen molar-refractivity contribution in [1.29, 1.82) is 0 Å². The number of hydrogen-bond acceptors (Lipinski definition) is 8. The van der Waals surface area contributed by atoms with Crippen LogP contribution in [0.1, 0.15) is 61.5 Å². The van der Waals surface area contributed by atoms with Gasteiger partial charge in [0.15, 0.2) is 17.6 Å². The monoisotopic (exact) mass is 516 g/mol. The topological polar surface area (TPSA) is 116 Å². The Labute approximate surface area is 211 Å². The zero-order valence-electron chi connectivity index (χ0n) is 21.0. The molecule has 10 heteroatoms. The predicted octanol–water partition coefficient (Wildman–Crippen LogP) is 5.25. The molecular formula is C26H31NO8P+. The van der Waals surface area contributed by atoms with Crippen molar-refractivity contribution < 1.29 is 38.0 Å². The number of methoxy groups -OCH3 is 1. The van der Waals surface area contributed by atoms with Gasteiger partial charge in [0, 0.05) is 22.6 Å². The van der Waals surface area contributed by atoms with Crippen LogP contribution in [0, 0.1) is 0 Å². The van der Waals surface area contributed by atoms with Gasteiger partial charge in [-0.25, -0.2) is 0 Å². The molecule has 1 aromatic carbocycles. The van der Waals surface area contributed by atoms with Gasteiger partial charge in [-0.1, -0.05) is 36.8 Å². The molecule has 1 aliphatic rings. The summed E-state index contributed by atoms with van der Waals surface area (Å²) < 4.78 is 27.4. The highest BCUT2D eigenvalue weighted by molar-refractivity contribution is 7.20. The molecule has 2 aromatic rings. The van der Waals surface area contributed by atoms with E-state index in [1.807, 2.05) is 32.1 Å². The highest BCUT2D eigenvalue weighted by Crippen LogP contribution is 2.42. The molecule has 1 N–H and O–H groups in total. The van der Waals surface area contributed by atoms with E-state index in [4.69, 9.17) is 18.7 Å². The fourth-order valence-corrected chi connectivity index (χ4v) is 4.49. The Morgan fingerprint density at radius 3 is 2.72 bits per heavy atom. The number of benzene rings is 1. The van der Waals surface area contributed by atoms with Gasteiger partial charge in [0.05, 0.1) is 24.8 Å². The lowest BCUT2D eigenvalue weighted by atomic mass is 9.83. The SMILES string of the molecule is CCOC(=O)C(C)N(Oc1ccccc1CC(C)=CCC1=C(OC)C(C)c2coc(O)c2C1=O)[PH+]=O. The average Bonchev–Trinajstić information content (AvgIpc) is 3.26. The quantitative estimate of drug-likeness (QED) is 0.185. The molecule has 192 valence electrons. The number of aromatic hydroxyl groups is 1. The number of furan rings is 1. The van der Waals surface area contributed by atoms with Gasteiger partial charge in [0.25, 0.3) is 5.95 Å². The van der Waals surface area contributed by atoms with Crippen molar-refractivity contribution in [2.24, 2.45) is 0 Å². The van der Waals surface area contributed by atoms with Crippen LogP contribution in [0.25, 0.3) is 0 Å². The first-order valence-electron chi connectivity index (χ1n) is 11.6. The Bertz CT molecular complexity index is 1200. The molecule has 1 aliphatic carbocycles. The second-order valence-electron chi connectivity index (χ2n) is 8.44. The van der Waals surface area contributed by atoms with E-state index in [-0.39, 0.29) is 29.8 Å². The largest absolute Gasteiger partial charge is 0.500 e. The first-order valence-corrected chi connectivity index (χ1v) is 12.5. The fourth-order valence-electron chi connectivity index (χ4n) is 4.10. The van der Waals surface area contributed by atoms with Gasteiger partial charge in [0.2, 0.25) is 0 Å². The van der Waals surface area contributed by atoms with Crippen molar-refractivity contribution in [3.05, 3.63) is 70.2 Å². The maximum Gasteiger partial charge on any atom is 0.457 e. The van der Waals surface area contributed by atoms with Crippen LogP contribution in [0.4, 0.5) is 0 Å². The van der Waals surface area contributed by atoms with Gasteiger partial charge in [0.1, 0.15) is 11.3 Å². The summed E-state index contributed by atoms with van der Waals surface area (Å²) in [6.45, 7) is 7.29. The summed E-state index contributed by atoms with van der Waals surface area (Å²) in [5.74, 6) is -0.473. The summed E-state index contributed by atoms with van der Waals surface area (Å²) in [4.78, 5) is 32.0. The van der Waals surface area contributed by atoms with Crippen LogP contribution in [-0.2, 0) is 25.3 Å². The zero-order chi connectivity index (χ0) is 26.4. The van der Waals surface area contributed by atoms with Gasteiger partial charge >= 0.3 is 14.6 Å². The van der Waals surface area contributed by atoms with Crippen LogP contribution < -0.4 is 4.84 Å². The molecule has 1 heterocycles. The first-order chi connectivity index (χ1) is 17.2. The van der Waals surface area contributed by atoms with Crippen LogP contribution in [0.3, 0.4) is 0 Å². The molecule has 0 radical (unpaired) electrons. The van der Waals surface area contributed by atoms with Crippen LogP contribution in [-0.4, -0.2) is 41.5 Å². The Balaban J connectivity index is 1.79. The Hall–Kier alpha value is -3.42. The second kappa shape index (κ2) is 12.0. The summed E-state index contributed by atoms with van der Waals surface area (Å²) in [5, 5.41) is 10.0. The van der Waals surface area contributed by atoms with E-state index >= 15 is 0 Å². The summed E-state index contributed by atoms with van der Waals surface area (Å²) in [6.07, 6.45) is 4.10. The molecule has 0 amide bonds. The number of rotatable bonds is 11. The number of carbonyl (C=O) groups excluding carboxylic acids is 2. The van der Waals surface area contributed by atoms with Crippen LogP contribution in [0.5, 0.6) is 11.7 Å². The maximum absolute atomic E-state index is 13.1. The van der Waals surface area contributed by atoms with E-state index in [1.54, 1.807) is 26.0 Å². The molecule has 9 nitrogen and oxygen atoms in total. The van der Waals surface area contributed by atoms with E-state index in [2.05, 4.69) is 0 Å². The number of allylic oxidation sites excluding steroid dienone is 4. The van der Waals surface area contributed by atoms with Crippen molar-refractivity contribution in [3.8, 4) is 11.7 Å². The molecule has 3 unspecified atom stereocenters. The average molecular weight is 517 g/mol. The number of esters is 1. The minimum absolute atomic E-state index is 0.178. The zero-order valence-corrected chi connectivity index (χ0v) is 22.0. The number of hydrogen-bond donors (Lipinski definition) is 1. The summed E-state index contributed by atoms with van der Waals surface area (Å²) in [7, 11) is 0.508. The molecule has 0 spiro atoms. The number of ketones is 1. The molecule has 0 saturated carbocycles. The normalized spacial score (nSPS) is 16.8. The van der Waals surface area contributed by atoms with E-state index < -0.39 is 20.6 Å². The summed E-state index contributed by atoms with van der Waals surface area (Å²) in [6, 6.07) is 6.39. The van der Waals surface area contributed by atoms with Crippen molar-refractivity contribution in [3.63, 3.8) is 0 Å². The smallest absolute Gasteiger partial charge is 0.457 e. The van der Waals surface area contributed by atoms with Crippen molar-refractivity contribution >= 4 is 20.4 Å². The third-order valence-electron chi connectivity index (χ3n) is 6.04. The van der Waals surface area contributed by atoms with Crippen molar-refractivity contribution in [2.75, 3.05) is 13.7 Å². The van der Waals surface area contributed by atoms with E-state index in [9.17, 15) is 19.3 Å². The maximum atomic E-state index is 13.1. The lowest BCUT2D eigenvalue weighted by molar-refractivity contribution is -0.153.